The van der Waals surface area contributed by atoms with Gasteiger partial charge in [0.2, 0.25) is 0 Å². The van der Waals surface area contributed by atoms with Crippen molar-refractivity contribution >= 4 is 29.5 Å². The molecule has 0 aliphatic carbocycles. The standard InChI is InChI=1S/C3H2Cl2F2O/c4-2(1-8)3(5,6)7/h1-2H. The second-order valence-corrected chi connectivity index (χ2v) is 2.05. The zero-order valence-electron chi connectivity index (χ0n) is 3.57. The molecular weight excluding hydrogens is 161 g/mol. The van der Waals surface area contributed by atoms with Crippen molar-refractivity contribution in [2.75, 3.05) is 0 Å². The zero-order chi connectivity index (χ0) is 6.78. The van der Waals surface area contributed by atoms with Crippen molar-refractivity contribution in [3.8, 4) is 0 Å². The lowest BCUT2D eigenvalue weighted by molar-refractivity contribution is -0.110. The van der Waals surface area contributed by atoms with Crippen LogP contribution in [0, 0.1) is 0 Å². The van der Waals surface area contributed by atoms with Crippen molar-refractivity contribution in [3.63, 3.8) is 0 Å². The lowest BCUT2D eigenvalue weighted by Gasteiger charge is -2.06. The normalized spacial score (nSPS) is 15.5. The molecule has 0 spiro atoms. The highest BCUT2D eigenvalue weighted by Crippen LogP contribution is 2.25. The van der Waals surface area contributed by atoms with E-state index in [4.69, 9.17) is 11.6 Å². The van der Waals surface area contributed by atoms with Gasteiger partial charge in [-0.25, -0.2) is 0 Å². The minimum absolute atomic E-state index is 0.117. The van der Waals surface area contributed by atoms with Gasteiger partial charge in [0.05, 0.1) is 0 Å². The van der Waals surface area contributed by atoms with E-state index in [-0.39, 0.29) is 6.29 Å². The molecule has 0 amide bonds. The first-order valence-electron chi connectivity index (χ1n) is 1.64. The summed E-state index contributed by atoms with van der Waals surface area (Å²) in [6, 6.07) is 0. The van der Waals surface area contributed by atoms with Crippen molar-refractivity contribution in [1.82, 2.24) is 0 Å². The quantitative estimate of drug-likeness (QED) is 0.446. The van der Waals surface area contributed by atoms with Crippen LogP contribution in [0.2, 0.25) is 0 Å². The Balaban J connectivity index is 3.80. The summed E-state index contributed by atoms with van der Waals surface area (Å²) in [4.78, 5) is 9.46. The summed E-state index contributed by atoms with van der Waals surface area (Å²) in [6.45, 7) is 0. The van der Waals surface area contributed by atoms with Crippen LogP contribution in [0.4, 0.5) is 8.78 Å². The van der Waals surface area contributed by atoms with Gasteiger partial charge in [-0.1, -0.05) is 0 Å². The average molecular weight is 163 g/mol. The Morgan fingerprint density at radius 1 is 1.62 bits per heavy atom. The largest absolute Gasteiger partial charge is 0.344 e. The van der Waals surface area contributed by atoms with E-state index >= 15 is 0 Å². The van der Waals surface area contributed by atoms with Gasteiger partial charge >= 0.3 is 5.38 Å². The second-order valence-electron chi connectivity index (χ2n) is 1.08. The van der Waals surface area contributed by atoms with Gasteiger partial charge in [0.25, 0.3) is 0 Å². The summed E-state index contributed by atoms with van der Waals surface area (Å²) in [5, 5.41) is -5.55. The maximum Gasteiger partial charge on any atom is 0.344 e. The van der Waals surface area contributed by atoms with Gasteiger partial charge in [0.15, 0.2) is 5.38 Å². The molecule has 0 radical (unpaired) electrons. The van der Waals surface area contributed by atoms with Crippen LogP contribution in [-0.4, -0.2) is 17.0 Å². The fourth-order valence-electron chi connectivity index (χ4n) is 0.0772. The van der Waals surface area contributed by atoms with Gasteiger partial charge in [0.1, 0.15) is 6.29 Å². The van der Waals surface area contributed by atoms with Crippen LogP contribution in [0.25, 0.3) is 0 Å². The molecule has 0 saturated carbocycles. The summed E-state index contributed by atoms with van der Waals surface area (Å²) in [7, 11) is 0. The zero-order valence-corrected chi connectivity index (χ0v) is 5.09. The Morgan fingerprint density at radius 3 is 2.00 bits per heavy atom. The highest BCUT2D eigenvalue weighted by Gasteiger charge is 2.35. The van der Waals surface area contributed by atoms with E-state index in [1.165, 1.54) is 0 Å². The summed E-state index contributed by atoms with van der Waals surface area (Å²) in [6.07, 6.45) is -0.117. The van der Waals surface area contributed by atoms with Crippen LogP contribution in [0.3, 0.4) is 0 Å². The molecule has 5 heteroatoms. The Bertz CT molecular complexity index is 89.8. The van der Waals surface area contributed by atoms with E-state index in [0.29, 0.717) is 0 Å². The minimum atomic E-state index is -3.62. The number of aldehydes is 1. The van der Waals surface area contributed by atoms with Crippen LogP contribution >= 0.6 is 23.2 Å². The van der Waals surface area contributed by atoms with Gasteiger partial charge < -0.3 is 4.79 Å². The van der Waals surface area contributed by atoms with Crippen LogP contribution in [0.1, 0.15) is 0 Å². The molecule has 0 saturated heterocycles. The third-order valence-corrected chi connectivity index (χ3v) is 1.16. The molecule has 0 aliphatic rings. The van der Waals surface area contributed by atoms with Crippen LogP contribution < -0.4 is 0 Å². The van der Waals surface area contributed by atoms with Crippen molar-refractivity contribution in [1.29, 1.82) is 0 Å². The van der Waals surface area contributed by atoms with E-state index < -0.39 is 10.8 Å². The van der Waals surface area contributed by atoms with E-state index in [0.717, 1.165) is 0 Å². The maximum absolute atomic E-state index is 11.5. The highest BCUT2D eigenvalue weighted by atomic mass is 35.5. The number of hydrogen-bond donors (Lipinski definition) is 0. The fourth-order valence-corrected chi connectivity index (χ4v) is 0.129. The summed E-state index contributed by atoms with van der Waals surface area (Å²) < 4.78 is 23.0. The molecule has 1 unspecified atom stereocenters. The number of carbonyl (C=O) groups excluding carboxylic acids is 1. The third-order valence-electron chi connectivity index (χ3n) is 0.432. The third kappa shape index (κ3) is 2.43. The van der Waals surface area contributed by atoms with Crippen molar-refractivity contribution in [2.45, 2.75) is 10.8 Å². The number of alkyl halides is 4. The van der Waals surface area contributed by atoms with Crippen molar-refractivity contribution in [3.05, 3.63) is 0 Å². The Labute approximate surface area is 54.6 Å². The monoisotopic (exact) mass is 162 g/mol. The minimum Gasteiger partial charge on any atom is -0.301 e. The molecule has 0 rings (SSSR count). The molecule has 0 aromatic rings. The van der Waals surface area contributed by atoms with Gasteiger partial charge in [-0.15, -0.1) is 11.6 Å². The lowest BCUT2D eigenvalue weighted by atomic mass is 10.5. The van der Waals surface area contributed by atoms with Crippen LogP contribution in [0.15, 0.2) is 0 Å². The lowest BCUT2D eigenvalue weighted by Crippen LogP contribution is -2.22. The Hall–Kier alpha value is 0.110. The van der Waals surface area contributed by atoms with E-state index in [9.17, 15) is 13.6 Å². The van der Waals surface area contributed by atoms with Crippen LogP contribution in [-0.2, 0) is 4.79 Å². The van der Waals surface area contributed by atoms with Crippen LogP contribution in [0.5, 0.6) is 0 Å². The Kier molecular flexibility index (Phi) is 2.63. The highest BCUT2D eigenvalue weighted by molar-refractivity contribution is 6.35. The molecule has 1 atom stereocenters. The van der Waals surface area contributed by atoms with Gasteiger partial charge in [-0.05, 0) is 11.6 Å². The van der Waals surface area contributed by atoms with Crippen molar-refractivity contribution in [2.24, 2.45) is 0 Å². The SMILES string of the molecule is O=CC(Cl)C(F)(F)Cl. The molecule has 0 bridgehead atoms. The smallest absolute Gasteiger partial charge is 0.301 e. The molecule has 0 N–H and O–H groups in total. The number of carbonyl (C=O) groups is 1. The predicted molar refractivity (Wildman–Crippen MR) is 26.5 cm³/mol. The average Bonchev–Trinajstić information content (AvgIpc) is 1.62. The topological polar surface area (TPSA) is 17.1 Å². The first-order chi connectivity index (χ1) is 3.48. The summed E-state index contributed by atoms with van der Waals surface area (Å²) >= 11 is 8.98. The van der Waals surface area contributed by atoms with Gasteiger partial charge in [-0.3, -0.25) is 0 Å². The molecule has 0 aliphatic heterocycles. The molecule has 0 fully saturated rings. The number of halogens is 4. The molecule has 0 heterocycles. The number of hydrogen-bond acceptors (Lipinski definition) is 1. The van der Waals surface area contributed by atoms with E-state index in [2.05, 4.69) is 11.6 Å². The van der Waals surface area contributed by atoms with E-state index in [1.807, 2.05) is 0 Å². The van der Waals surface area contributed by atoms with Crippen molar-refractivity contribution < 1.29 is 13.6 Å². The first kappa shape index (κ1) is 8.11. The van der Waals surface area contributed by atoms with Gasteiger partial charge in [0, 0.05) is 0 Å². The molecule has 0 aromatic heterocycles. The Morgan fingerprint density at radius 2 is 2.00 bits per heavy atom. The van der Waals surface area contributed by atoms with E-state index in [1.54, 1.807) is 0 Å². The summed E-state index contributed by atoms with van der Waals surface area (Å²) in [5.74, 6) is 0. The molecular formula is C3H2Cl2F2O. The molecule has 1 nitrogen and oxygen atoms in total. The molecule has 0 aromatic carbocycles. The molecule has 8 heavy (non-hydrogen) atoms. The molecule has 48 valence electrons. The summed E-state index contributed by atoms with van der Waals surface area (Å²) in [5.41, 5.74) is 0. The predicted octanol–water partition coefficient (Wildman–Crippen LogP) is 1.62. The second kappa shape index (κ2) is 2.60. The fraction of sp³-hybridized carbons (Fsp3) is 0.667. The number of rotatable bonds is 2. The van der Waals surface area contributed by atoms with Gasteiger partial charge in [-0.2, -0.15) is 8.78 Å². The first-order valence-corrected chi connectivity index (χ1v) is 2.46. The maximum atomic E-state index is 11.5.